The number of aromatic nitrogens is 1. The first-order valence-electron chi connectivity index (χ1n) is 4.60. The summed E-state index contributed by atoms with van der Waals surface area (Å²) < 4.78 is 5.04. The van der Waals surface area contributed by atoms with E-state index in [-0.39, 0.29) is 0 Å². The SMILES string of the molecule is Cc1oncc1C1CN(C)CCN1. The van der Waals surface area contributed by atoms with Crippen LogP contribution in [0.5, 0.6) is 0 Å². The Morgan fingerprint density at radius 2 is 2.54 bits per heavy atom. The second kappa shape index (κ2) is 3.47. The quantitative estimate of drug-likeness (QED) is 0.687. The van der Waals surface area contributed by atoms with Crippen LogP contribution in [0.4, 0.5) is 0 Å². The highest BCUT2D eigenvalue weighted by Gasteiger charge is 2.21. The fraction of sp³-hybridized carbons (Fsp3) is 0.667. The summed E-state index contributed by atoms with van der Waals surface area (Å²) >= 11 is 0. The minimum Gasteiger partial charge on any atom is -0.361 e. The third-order valence-electron chi connectivity index (χ3n) is 2.54. The first-order valence-corrected chi connectivity index (χ1v) is 4.60. The maximum absolute atomic E-state index is 5.04. The van der Waals surface area contributed by atoms with Gasteiger partial charge in [0.05, 0.1) is 12.2 Å². The number of hydrogen-bond donors (Lipinski definition) is 1. The van der Waals surface area contributed by atoms with Crippen molar-refractivity contribution in [2.24, 2.45) is 0 Å². The standard InChI is InChI=1S/C9H15N3O/c1-7-8(5-11-13-7)9-6-12(2)4-3-10-9/h5,9-10H,3-4,6H2,1-2H3. The molecule has 4 heteroatoms. The van der Waals surface area contributed by atoms with Gasteiger partial charge in [0, 0.05) is 25.2 Å². The van der Waals surface area contributed by atoms with Crippen LogP contribution in [0.2, 0.25) is 0 Å². The smallest absolute Gasteiger partial charge is 0.138 e. The second-order valence-electron chi connectivity index (χ2n) is 3.61. The molecule has 1 saturated heterocycles. The molecule has 1 unspecified atom stereocenters. The van der Waals surface area contributed by atoms with Crippen LogP contribution in [0.25, 0.3) is 0 Å². The molecule has 2 rings (SSSR count). The van der Waals surface area contributed by atoms with Crippen molar-refractivity contribution in [3.63, 3.8) is 0 Å². The normalized spacial score (nSPS) is 24.9. The summed E-state index contributed by atoms with van der Waals surface area (Å²) in [5.74, 6) is 0.924. The van der Waals surface area contributed by atoms with Gasteiger partial charge in [-0.25, -0.2) is 0 Å². The van der Waals surface area contributed by atoms with Crippen molar-refractivity contribution in [3.05, 3.63) is 17.5 Å². The van der Waals surface area contributed by atoms with E-state index in [1.807, 2.05) is 13.1 Å². The first-order chi connectivity index (χ1) is 6.27. The van der Waals surface area contributed by atoms with Crippen molar-refractivity contribution in [2.45, 2.75) is 13.0 Å². The molecule has 0 aliphatic carbocycles. The van der Waals surface area contributed by atoms with E-state index < -0.39 is 0 Å². The molecule has 1 aromatic rings. The number of rotatable bonds is 1. The summed E-state index contributed by atoms with van der Waals surface area (Å²) in [5, 5.41) is 7.24. The molecule has 1 aliphatic heterocycles. The predicted octanol–water partition coefficient (Wildman–Crippen LogP) is 0.559. The van der Waals surface area contributed by atoms with Crippen LogP contribution < -0.4 is 5.32 Å². The summed E-state index contributed by atoms with van der Waals surface area (Å²) in [6, 6.07) is 0.380. The van der Waals surface area contributed by atoms with E-state index in [2.05, 4.69) is 22.4 Å². The molecule has 0 saturated carbocycles. The van der Waals surface area contributed by atoms with Crippen molar-refractivity contribution in [2.75, 3.05) is 26.7 Å². The zero-order valence-corrected chi connectivity index (χ0v) is 8.08. The zero-order valence-electron chi connectivity index (χ0n) is 8.08. The number of likely N-dealkylation sites (N-methyl/N-ethyl adjacent to an activating group) is 1. The van der Waals surface area contributed by atoms with Crippen molar-refractivity contribution < 1.29 is 4.52 Å². The Labute approximate surface area is 77.9 Å². The van der Waals surface area contributed by atoms with Gasteiger partial charge in [-0.05, 0) is 14.0 Å². The Morgan fingerprint density at radius 1 is 1.69 bits per heavy atom. The van der Waals surface area contributed by atoms with E-state index in [9.17, 15) is 0 Å². The maximum atomic E-state index is 5.04. The fourth-order valence-corrected chi connectivity index (χ4v) is 1.75. The lowest BCUT2D eigenvalue weighted by atomic mass is 10.1. The van der Waals surface area contributed by atoms with E-state index in [1.165, 1.54) is 5.56 Å². The largest absolute Gasteiger partial charge is 0.361 e. The van der Waals surface area contributed by atoms with E-state index in [0.717, 1.165) is 25.4 Å². The first kappa shape index (κ1) is 8.72. The third-order valence-corrected chi connectivity index (χ3v) is 2.54. The van der Waals surface area contributed by atoms with E-state index in [0.29, 0.717) is 6.04 Å². The molecule has 1 atom stereocenters. The molecule has 0 spiro atoms. The van der Waals surface area contributed by atoms with Gasteiger partial charge in [0.25, 0.3) is 0 Å². The average molecular weight is 181 g/mol. The van der Waals surface area contributed by atoms with Gasteiger partial charge in [0.2, 0.25) is 0 Å². The molecule has 1 fully saturated rings. The summed E-state index contributed by atoms with van der Waals surface area (Å²) in [6.45, 7) is 5.13. The fourth-order valence-electron chi connectivity index (χ4n) is 1.75. The molecule has 0 amide bonds. The van der Waals surface area contributed by atoms with Crippen LogP contribution in [-0.4, -0.2) is 36.7 Å². The Kier molecular flexibility index (Phi) is 2.33. The molecule has 2 heterocycles. The van der Waals surface area contributed by atoms with E-state index in [4.69, 9.17) is 4.52 Å². The Morgan fingerprint density at radius 3 is 3.15 bits per heavy atom. The van der Waals surface area contributed by atoms with Gasteiger partial charge in [-0.3, -0.25) is 0 Å². The van der Waals surface area contributed by atoms with Crippen molar-refractivity contribution >= 4 is 0 Å². The minimum absolute atomic E-state index is 0.380. The lowest BCUT2D eigenvalue weighted by Crippen LogP contribution is -2.43. The summed E-state index contributed by atoms with van der Waals surface area (Å²) in [5.41, 5.74) is 1.19. The van der Waals surface area contributed by atoms with Crippen LogP contribution in [-0.2, 0) is 0 Å². The maximum Gasteiger partial charge on any atom is 0.138 e. The lowest BCUT2D eigenvalue weighted by molar-refractivity contribution is 0.239. The van der Waals surface area contributed by atoms with Gasteiger partial charge in [-0.2, -0.15) is 0 Å². The summed E-state index contributed by atoms with van der Waals surface area (Å²) in [6.07, 6.45) is 1.81. The molecule has 1 aliphatic rings. The topological polar surface area (TPSA) is 41.3 Å². The van der Waals surface area contributed by atoms with Crippen LogP contribution in [0, 0.1) is 6.92 Å². The monoisotopic (exact) mass is 181 g/mol. The highest BCUT2D eigenvalue weighted by atomic mass is 16.5. The van der Waals surface area contributed by atoms with E-state index >= 15 is 0 Å². The van der Waals surface area contributed by atoms with E-state index in [1.54, 1.807) is 0 Å². The van der Waals surface area contributed by atoms with Crippen LogP contribution in [0.15, 0.2) is 10.7 Å². The van der Waals surface area contributed by atoms with Crippen molar-refractivity contribution in [3.8, 4) is 0 Å². The van der Waals surface area contributed by atoms with Gasteiger partial charge in [0.15, 0.2) is 0 Å². The molecule has 4 nitrogen and oxygen atoms in total. The average Bonchev–Trinajstić information content (AvgIpc) is 2.51. The highest BCUT2D eigenvalue weighted by molar-refractivity contribution is 5.17. The molecule has 0 radical (unpaired) electrons. The lowest BCUT2D eigenvalue weighted by Gasteiger charge is -2.30. The second-order valence-corrected chi connectivity index (χ2v) is 3.61. The Hall–Kier alpha value is -0.870. The highest BCUT2D eigenvalue weighted by Crippen LogP contribution is 2.19. The number of nitrogens with one attached hydrogen (secondary N) is 1. The third kappa shape index (κ3) is 1.73. The van der Waals surface area contributed by atoms with Crippen LogP contribution >= 0.6 is 0 Å². The molecule has 0 aromatic carbocycles. The Bertz CT molecular complexity index is 284. The Balaban J connectivity index is 2.12. The van der Waals surface area contributed by atoms with Crippen molar-refractivity contribution in [1.29, 1.82) is 0 Å². The molecule has 1 aromatic heterocycles. The summed E-state index contributed by atoms with van der Waals surface area (Å²) in [4.78, 5) is 2.31. The summed E-state index contributed by atoms with van der Waals surface area (Å²) in [7, 11) is 2.14. The predicted molar refractivity (Wildman–Crippen MR) is 49.5 cm³/mol. The molecular weight excluding hydrogens is 166 g/mol. The van der Waals surface area contributed by atoms with Gasteiger partial charge in [-0.15, -0.1) is 0 Å². The molecule has 0 bridgehead atoms. The molecule has 13 heavy (non-hydrogen) atoms. The van der Waals surface area contributed by atoms with Gasteiger partial charge < -0.3 is 14.7 Å². The van der Waals surface area contributed by atoms with Crippen LogP contribution in [0.1, 0.15) is 17.4 Å². The number of aryl methyl sites for hydroxylation is 1. The van der Waals surface area contributed by atoms with Gasteiger partial charge in [0.1, 0.15) is 5.76 Å². The number of nitrogens with zero attached hydrogens (tertiary/aromatic N) is 2. The minimum atomic E-state index is 0.380. The van der Waals surface area contributed by atoms with Gasteiger partial charge >= 0.3 is 0 Å². The number of piperazine rings is 1. The van der Waals surface area contributed by atoms with Crippen molar-refractivity contribution in [1.82, 2.24) is 15.4 Å². The molecular formula is C9H15N3O. The van der Waals surface area contributed by atoms with Gasteiger partial charge in [-0.1, -0.05) is 5.16 Å². The van der Waals surface area contributed by atoms with Crippen LogP contribution in [0.3, 0.4) is 0 Å². The zero-order chi connectivity index (χ0) is 9.26. The molecule has 72 valence electrons. The number of hydrogen-bond acceptors (Lipinski definition) is 4. The molecule has 1 N–H and O–H groups in total.